The Hall–Kier alpha value is -1.31. The molecule has 1 aromatic rings. The number of nitrogens with zero attached hydrogens (tertiary/aromatic N) is 1. The number of hydrogen-bond donors (Lipinski definition) is 2. The first-order valence-electron chi connectivity index (χ1n) is 8.01. The van der Waals surface area contributed by atoms with Crippen molar-refractivity contribution in [1.82, 2.24) is 10.2 Å². The molecule has 1 saturated heterocycles. The second-order valence-corrected chi connectivity index (χ2v) is 6.83. The van der Waals surface area contributed by atoms with Gasteiger partial charge in [-0.15, -0.1) is 0 Å². The van der Waals surface area contributed by atoms with Crippen LogP contribution < -0.4 is 10.1 Å². The number of alkyl halides is 3. The number of methoxy groups -OCH3 is 1. The number of benzene rings is 1. The maximum Gasteiger partial charge on any atom is 0.416 e. The van der Waals surface area contributed by atoms with Gasteiger partial charge in [-0.1, -0.05) is 13.8 Å². The molecule has 24 heavy (non-hydrogen) atoms. The third-order valence-electron chi connectivity index (χ3n) is 4.47. The summed E-state index contributed by atoms with van der Waals surface area (Å²) in [5.41, 5.74) is -0.805. The lowest BCUT2D eigenvalue weighted by Gasteiger charge is -2.43. The number of hydrogen-bond acceptors (Lipinski definition) is 4. The Labute approximate surface area is 140 Å². The number of aliphatic hydroxyl groups excluding tert-OH is 1. The minimum absolute atomic E-state index is 0.125. The van der Waals surface area contributed by atoms with Crippen molar-refractivity contribution in [3.05, 3.63) is 29.3 Å². The summed E-state index contributed by atoms with van der Waals surface area (Å²) in [6.45, 7) is 6.58. The molecule has 0 bridgehead atoms. The summed E-state index contributed by atoms with van der Waals surface area (Å²) < 4.78 is 44.8. The van der Waals surface area contributed by atoms with E-state index in [-0.39, 0.29) is 18.4 Å². The largest absolute Gasteiger partial charge is 0.497 e. The fourth-order valence-corrected chi connectivity index (χ4v) is 3.24. The van der Waals surface area contributed by atoms with E-state index in [0.717, 1.165) is 19.2 Å². The second kappa shape index (κ2) is 7.29. The summed E-state index contributed by atoms with van der Waals surface area (Å²) in [5, 5.41) is 13.1. The van der Waals surface area contributed by atoms with Gasteiger partial charge in [-0.05, 0) is 23.8 Å². The molecule has 0 spiro atoms. The first-order valence-corrected chi connectivity index (χ1v) is 8.01. The minimum atomic E-state index is -4.44. The zero-order valence-electron chi connectivity index (χ0n) is 14.3. The molecular formula is C17H25F3N2O2. The number of rotatable bonds is 5. The Morgan fingerprint density at radius 1 is 1.21 bits per heavy atom. The Kier molecular flexibility index (Phi) is 5.78. The van der Waals surface area contributed by atoms with Crippen LogP contribution in [-0.2, 0) is 6.18 Å². The van der Waals surface area contributed by atoms with E-state index in [1.165, 1.54) is 13.2 Å². The van der Waals surface area contributed by atoms with Crippen LogP contribution in [0.1, 0.15) is 31.0 Å². The number of halogens is 3. The average Bonchev–Trinajstić information content (AvgIpc) is 2.54. The van der Waals surface area contributed by atoms with E-state index in [9.17, 15) is 18.3 Å². The summed E-state index contributed by atoms with van der Waals surface area (Å²) in [5.74, 6) is 0.175. The molecule has 0 radical (unpaired) electrons. The zero-order valence-corrected chi connectivity index (χ0v) is 14.3. The molecule has 1 aliphatic rings. The Bertz CT molecular complexity index is 555. The molecule has 0 amide bonds. The Balaban J connectivity index is 2.52. The van der Waals surface area contributed by atoms with Gasteiger partial charge < -0.3 is 15.2 Å². The van der Waals surface area contributed by atoms with Gasteiger partial charge in [0.05, 0.1) is 12.7 Å². The molecule has 1 aliphatic heterocycles. The van der Waals surface area contributed by atoms with Crippen molar-refractivity contribution < 1.29 is 23.0 Å². The second-order valence-electron chi connectivity index (χ2n) is 6.83. The van der Waals surface area contributed by atoms with Gasteiger partial charge >= 0.3 is 6.18 Å². The smallest absolute Gasteiger partial charge is 0.416 e. The Morgan fingerprint density at radius 3 is 2.33 bits per heavy atom. The highest BCUT2D eigenvalue weighted by molar-refractivity contribution is 5.38. The predicted molar refractivity (Wildman–Crippen MR) is 86.0 cm³/mol. The van der Waals surface area contributed by atoms with E-state index < -0.39 is 17.2 Å². The van der Waals surface area contributed by atoms with Crippen molar-refractivity contribution in [3.63, 3.8) is 0 Å². The van der Waals surface area contributed by atoms with Crippen LogP contribution in [-0.4, -0.2) is 49.9 Å². The highest BCUT2D eigenvalue weighted by atomic mass is 19.4. The highest BCUT2D eigenvalue weighted by Gasteiger charge is 2.38. The molecule has 4 nitrogen and oxygen atoms in total. The monoisotopic (exact) mass is 346 g/mol. The van der Waals surface area contributed by atoms with Gasteiger partial charge in [0, 0.05) is 44.2 Å². The van der Waals surface area contributed by atoms with Gasteiger partial charge in [-0.3, -0.25) is 4.90 Å². The summed E-state index contributed by atoms with van der Waals surface area (Å²) in [4.78, 5) is 2.13. The molecule has 0 unspecified atom stereocenters. The third-order valence-corrected chi connectivity index (χ3v) is 4.47. The summed E-state index contributed by atoms with van der Waals surface area (Å²) in [6.07, 6.45) is -4.44. The van der Waals surface area contributed by atoms with Crippen LogP contribution in [0.2, 0.25) is 0 Å². The summed E-state index contributed by atoms with van der Waals surface area (Å²) in [7, 11) is 1.36. The van der Waals surface area contributed by atoms with E-state index >= 15 is 0 Å². The molecule has 1 aromatic carbocycles. The molecule has 1 atom stereocenters. The first-order chi connectivity index (χ1) is 11.2. The number of piperazine rings is 1. The van der Waals surface area contributed by atoms with E-state index in [4.69, 9.17) is 4.74 Å². The Morgan fingerprint density at radius 2 is 1.83 bits per heavy atom. The van der Waals surface area contributed by atoms with Gasteiger partial charge in [0.25, 0.3) is 0 Å². The number of nitrogens with one attached hydrogen (secondary N) is 1. The average molecular weight is 346 g/mol. The molecule has 2 N–H and O–H groups in total. The van der Waals surface area contributed by atoms with Gasteiger partial charge in [0.15, 0.2) is 0 Å². The molecule has 0 aliphatic carbocycles. The van der Waals surface area contributed by atoms with E-state index in [2.05, 4.69) is 10.2 Å². The van der Waals surface area contributed by atoms with Crippen molar-refractivity contribution in [2.24, 2.45) is 5.41 Å². The van der Waals surface area contributed by atoms with E-state index in [0.29, 0.717) is 18.7 Å². The fourth-order valence-electron chi connectivity index (χ4n) is 3.24. The van der Waals surface area contributed by atoms with Gasteiger partial charge in [-0.2, -0.15) is 13.2 Å². The molecule has 2 rings (SSSR count). The highest BCUT2D eigenvalue weighted by Crippen LogP contribution is 2.42. The molecule has 1 fully saturated rings. The SMILES string of the molecule is COc1cc([C@@H](N2CCNCC2)C(C)(C)CO)cc(C(F)(F)F)c1. The van der Waals surface area contributed by atoms with Crippen LogP contribution in [0, 0.1) is 5.41 Å². The van der Waals surface area contributed by atoms with Crippen LogP contribution in [0.25, 0.3) is 0 Å². The predicted octanol–water partition coefficient (Wildman–Crippen LogP) is 2.68. The molecular weight excluding hydrogens is 321 g/mol. The zero-order chi connectivity index (χ0) is 18.0. The first kappa shape index (κ1) is 19.0. The fraction of sp³-hybridized carbons (Fsp3) is 0.647. The quantitative estimate of drug-likeness (QED) is 0.860. The lowest BCUT2D eigenvalue weighted by molar-refractivity contribution is -0.137. The van der Waals surface area contributed by atoms with E-state index in [1.807, 2.05) is 13.8 Å². The van der Waals surface area contributed by atoms with Crippen LogP contribution in [0.4, 0.5) is 13.2 Å². The van der Waals surface area contributed by atoms with Crippen molar-refractivity contribution in [2.45, 2.75) is 26.1 Å². The molecule has 7 heteroatoms. The third kappa shape index (κ3) is 4.20. The maximum absolute atomic E-state index is 13.2. The topological polar surface area (TPSA) is 44.7 Å². The summed E-state index contributed by atoms with van der Waals surface area (Å²) >= 11 is 0. The van der Waals surface area contributed by atoms with Crippen molar-refractivity contribution >= 4 is 0 Å². The molecule has 1 heterocycles. The number of aliphatic hydroxyl groups is 1. The lowest BCUT2D eigenvalue weighted by Crippen LogP contribution is -2.49. The van der Waals surface area contributed by atoms with Gasteiger partial charge in [-0.25, -0.2) is 0 Å². The van der Waals surface area contributed by atoms with Crippen molar-refractivity contribution in [2.75, 3.05) is 39.9 Å². The maximum atomic E-state index is 13.2. The van der Waals surface area contributed by atoms with Gasteiger partial charge in [0.1, 0.15) is 5.75 Å². The minimum Gasteiger partial charge on any atom is -0.497 e. The standard InChI is InChI=1S/C17H25F3N2O2/c1-16(2,11-23)15(22-6-4-21-5-7-22)12-8-13(17(18,19)20)10-14(9-12)24-3/h8-10,15,21,23H,4-7,11H2,1-3H3/t15-/m1/s1. The summed E-state index contributed by atoms with van der Waals surface area (Å²) in [6, 6.07) is 3.48. The number of ether oxygens (including phenoxy) is 1. The molecule has 0 aromatic heterocycles. The van der Waals surface area contributed by atoms with Crippen LogP contribution in [0.5, 0.6) is 5.75 Å². The van der Waals surface area contributed by atoms with Crippen LogP contribution in [0.15, 0.2) is 18.2 Å². The molecule has 136 valence electrons. The lowest BCUT2D eigenvalue weighted by atomic mass is 9.79. The van der Waals surface area contributed by atoms with E-state index in [1.54, 1.807) is 6.07 Å². The van der Waals surface area contributed by atoms with Crippen LogP contribution in [0.3, 0.4) is 0 Å². The van der Waals surface area contributed by atoms with Crippen molar-refractivity contribution in [1.29, 1.82) is 0 Å². The van der Waals surface area contributed by atoms with Crippen LogP contribution >= 0.6 is 0 Å². The van der Waals surface area contributed by atoms with Crippen molar-refractivity contribution in [3.8, 4) is 5.75 Å². The van der Waals surface area contributed by atoms with Gasteiger partial charge in [0.2, 0.25) is 0 Å². The molecule has 0 saturated carbocycles. The normalized spacial score (nSPS) is 18.5.